The molecular formula is C16H13BF4OS2. The Morgan fingerprint density at radius 2 is 1.17 bits per heavy atom. The van der Waals surface area contributed by atoms with E-state index in [2.05, 4.69) is 48.5 Å². The quantitative estimate of drug-likeness (QED) is 0.306. The predicted molar refractivity (Wildman–Crippen MR) is 91.9 cm³/mol. The van der Waals surface area contributed by atoms with Crippen LogP contribution in [0.4, 0.5) is 17.3 Å². The maximum Gasteiger partial charge on any atom is 0.673 e. The summed E-state index contributed by atoms with van der Waals surface area (Å²) in [7, 11) is -6.00. The highest BCUT2D eigenvalue weighted by atomic mass is 32.2. The summed E-state index contributed by atoms with van der Waals surface area (Å²) in [6, 6.07) is 24.7. The Kier molecular flexibility index (Phi) is 6.75. The molecule has 0 bridgehead atoms. The Balaban J connectivity index is 0.000000368. The zero-order chi connectivity index (χ0) is 17.4. The first kappa shape index (κ1) is 18.4. The molecule has 0 amide bonds. The van der Waals surface area contributed by atoms with Crippen LogP contribution >= 0.6 is 11.3 Å². The van der Waals surface area contributed by atoms with Gasteiger partial charge in [-0.15, -0.1) is 11.3 Å². The van der Waals surface area contributed by atoms with Crippen molar-refractivity contribution in [1.29, 1.82) is 0 Å². The van der Waals surface area contributed by atoms with Gasteiger partial charge in [-0.2, -0.15) is 0 Å². The van der Waals surface area contributed by atoms with Gasteiger partial charge >= 0.3 is 7.25 Å². The summed E-state index contributed by atoms with van der Waals surface area (Å²) in [5, 5.41) is 2.99. The fraction of sp³-hybridized carbons (Fsp3) is 0. The zero-order valence-electron chi connectivity index (χ0n) is 12.3. The van der Waals surface area contributed by atoms with Gasteiger partial charge < -0.3 is 17.3 Å². The van der Waals surface area contributed by atoms with E-state index < -0.39 is 7.25 Å². The molecule has 2 aromatic carbocycles. The number of thiophene rings is 1. The van der Waals surface area contributed by atoms with Crippen molar-refractivity contribution in [2.45, 2.75) is 9.79 Å². The molecule has 0 atom stereocenters. The predicted octanol–water partition coefficient (Wildman–Crippen LogP) is 6.08. The first-order chi connectivity index (χ1) is 11.4. The van der Waals surface area contributed by atoms with Crippen molar-refractivity contribution in [3.05, 3.63) is 78.2 Å². The van der Waals surface area contributed by atoms with Crippen molar-refractivity contribution in [2.24, 2.45) is 0 Å². The lowest BCUT2D eigenvalue weighted by Crippen LogP contribution is -2.10. The molecule has 0 radical (unpaired) electrons. The van der Waals surface area contributed by atoms with E-state index in [1.54, 1.807) is 11.3 Å². The van der Waals surface area contributed by atoms with E-state index in [-0.39, 0.29) is 11.2 Å². The van der Waals surface area contributed by atoms with Crippen molar-refractivity contribution < 1.29 is 21.4 Å². The third-order valence-corrected chi connectivity index (χ3v) is 5.17. The average Bonchev–Trinajstić information content (AvgIpc) is 3.06. The van der Waals surface area contributed by atoms with Gasteiger partial charge in [0.1, 0.15) is 0 Å². The van der Waals surface area contributed by atoms with Crippen molar-refractivity contribution >= 4 is 29.8 Å². The number of hydrogen-bond donors (Lipinski definition) is 0. The number of hydrogen-bond acceptors (Lipinski definition) is 2. The van der Waals surface area contributed by atoms with Gasteiger partial charge in [0.2, 0.25) is 14.9 Å². The lowest BCUT2D eigenvalue weighted by molar-refractivity contribution is 0.368. The second kappa shape index (κ2) is 8.80. The van der Waals surface area contributed by atoms with E-state index in [0.29, 0.717) is 0 Å². The Morgan fingerprint density at radius 1 is 0.708 bits per heavy atom. The molecule has 24 heavy (non-hydrogen) atoms. The lowest BCUT2D eigenvalue weighted by atomic mass is 10.3. The van der Waals surface area contributed by atoms with Crippen LogP contribution in [0.1, 0.15) is 0 Å². The first-order valence-electron chi connectivity index (χ1n) is 6.87. The van der Waals surface area contributed by atoms with Gasteiger partial charge in [-0.1, -0.05) is 36.4 Å². The standard InChI is InChI=1S/C16H13OS2.BF4/c1-3-8-14(9-4-1)19(15-10-5-2-6-11-15)17-16-12-7-13-18-16;2-1(3,4)5/h1-13H;/q+1;-1. The highest BCUT2D eigenvalue weighted by molar-refractivity contribution is 7.93. The highest BCUT2D eigenvalue weighted by Gasteiger charge is 2.29. The van der Waals surface area contributed by atoms with Gasteiger partial charge in [0.05, 0.1) is 0 Å². The molecule has 1 aromatic heterocycles. The number of rotatable bonds is 4. The maximum absolute atomic E-state index is 9.75. The fourth-order valence-corrected chi connectivity index (χ4v) is 4.02. The lowest BCUT2D eigenvalue weighted by Gasteiger charge is -2.05. The van der Waals surface area contributed by atoms with Crippen LogP contribution in [-0.2, 0) is 11.2 Å². The molecule has 0 aliphatic rings. The Bertz CT molecular complexity index is 660. The van der Waals surface area contributed by atoms with Gasteiger partial charge in [-0.25, -0.2) is 0 Å². The largest absolute Gasteiger partial charge is 0.673 e. The van der Waals surface area contributed by atoms with Crippen LogP contribution in [0.25, 0.3) is 0 Å². The van der Waals surface area contributed by atoms with Crippen LogP contribution < -0.4 is 4.18 Å². The molecule has 0 N–H and O–H groups in total. The van der Waals surface area contributed by atoms with Gasteiger partial charge in [0.15, 0.2) is 0 Å². The Labute approximate surface area is 144 Å². The van der Waals surface area contributed by atoms with E-state index >= 15 is 0 Å². The number of benzene rings is 2. The van der Waals surface area contributed by atoms with E-state index in [9.17, 15) is 17.3 Å². The molecule has 3 aromatic rings. The van der Waals surface area contributed by atoms with Crippen molar-refractivity contribution in [3.63, 3.8) is 0 Å². The van der Waals surface area contributed by atoms with Crippen LogP contribution in [0, 0.1) is 0 Å². The van der Waals surface area contributed by atoms with Gasteiger partial charge in [0.25, 0.3) is 11.2 Å². The van der Waals surface area contributed by atoms with Crippen LogP contribution in [0.15, 0.2) is 88.0 Å². The topological polar surface area (TPSA) is 9.23 Å². The second-order valence-electron chi connectivity index (χ2n) is 4.41. The van der Waals surface area contributed by atoms with E-state index in [1.807, 2.05) is 29.6 Å². The molecule has 1 heterocycles. The smallest absolute Gasteiger partial charge is 0.418 e. The Morgan fingerprint density at radius 3 is 1.54 bits per heavy atom. The molecular weight excluding hydrogens is 359 g/mol. The molecule has 0 saturated carbocycles. The first-order valence-corrected chi connectivity index (χ1v) is 8.90. The molecule has 0 fully saturated rings. The SMILES string of the molecule is F[B-](F)(F)F.c1ccc([S+](Oc2cccs2)c2ccccc2)cc1. The normalized spacial score (nSPS) is 10.9. The fourth-order valence-electron chi connectivity index (χ4n) is 1.71. The van der Waals surface area contributed by atoms with Gasteiger partial charge in [0, 0.05) is 0 Å². The number of halogens is 4. The zero-order valence-corrected chi connectivity index (χ0v) is 14.0. The third-order valence-electron chi connectivity index (χ3n) is 2.58. The highest BCUT2D eigenvalue weighted by Crippen LogP contribution is 2.29. The van der Waals surface area contributed by atoms with Crippen LogP contribution in [0.5, 0.6) is 5.06 Å². The average molecular weight is 372 g/mol. The summed E-state index contributed by atoms with van der Waals surface area (Å²) in [6.07, 6.45) is 0. The van der Waals surface area contributed by atoms with Crippen molar-refractivity contribution in [1.82, 2.24) is 0 Å². The molecule has 0 aliphatic carbocycles. The van der Waals surface area contributed by atoms with Gasteiger partial charge in [-0.05, 0) is 41.8 Å². The van der Waals surface area contributed by atoms with Crippen LogP contribution in [0.3, 0.4) is 0 Å². The summed E-state index contributed by atoms with van der Waals surface area (Å²) >= 11 is 1.26. The molecule has 8 heteroatoms. The maximum atomic E-state index is 9.75. The summed E-state index contributed by atoms with van der Waals surface area (Å²) in [5.74, 6) is 0. The minimum Gasteiger partial charge on any atom is -0.418 e. The third kappa shape index (κ3) is 6.68. The molecule has 0 aliphatic heterocycles. The van der Waals surface area contributed by atoms with Gasteiger partial charge in [-0.3, -0.25) is 4.18 Å². The van der Waals surface area contributed by atoms with Crippen molar-refractivity contribution in [2.75, 3.05) is 0 Å². The van der Waals surface area contributed by atoms with Crippen molar-refractivity contribution in [3.8, 4) is 5.06 Å². The van der Waals surface area contributed by atoms with E-state index in [1.165, 1.54) is 9.79 Å². The summed E-state index contributed by atoms with van der Waals surface area (Å²) in [5.41, 5.74) is 0. The van der Waals surface area contributed by atoms with E-state index in [4.69, 9.17) is 4.18 Å². The molecule has 126 valence electrons. The summed E-state index contributed by atoms with van der Waals surface area (Å²) in [6.45, 7) is 0. The summed E-state index contributed by atoms with van der Waals surface area (Å²) < 4.78 is 45.2. The second-order valence-corrected chi connectivity index (χ2v) is 6.96. The minimum absolute atomic E-state index is 0.370. The molecule has 0 saturated heterocycles. The minimum atomic E-state index is -6.00. The van der Waals surface area contributed by atoms with Crippen LogP contribution in [0.2, 0.25) is 0 Å². The monoisotopic (exact) mass is 372 g/mol. The molecule has 1 nitrogen and oxygen atoms in total. The molecule has 0 spiro atoms. The van der Waals surface area contributed by atoms with E-state index in [0.717, 1.165) is 5.06 Å². The molecule has 3 rings (SSSR count). The van der Waals surface area contributed by atoms with Crippen LogP contribution in [-0.4, -0.2) is 7.25 Å². The Hall–Kier alpha value is -1.93. The molecule has 0 unspecified atom stereocenters. The summed E-state index contributed by atoms with van der Waals surface area (Å²) in [4.78, 5) is 2.39.